The normalized spacial score (nSPS) is 16.2. The fourth-order valence-electron chi connectivity index (χ4n) is 9.49. The number of nitrogen functional groups attached to an aromatic ring is 2. The second-order valence-corrected chi connectivity index (χ2v) is 18.2. The second-order valence-electron chi connectivity index (χ2n) is 18.2. The molecule has 0 unspecified atom stereocenters. The number of nitrogens with zero attached hydrogens (tertiary/aromatic N) is 14. The summed E-state index contributed by atoms with van der Waals surface area (Å²) < 4.78 is 17.9. The number of oxazole rings is 1. The standard InChI is InChI=1S/C49H55N17O8/c1-72-28-39(67)52-20-31-21-53-49(54-22-31)64-13-14-65(37(27-64)46(70)71)40(68)7-16-73-17-15-61-9-11-62(12-10-61)48-55-23-35(24-56-48)45(69)63-8-6-32-18-30(2-3-34(32)26-63)25-66-44-41(43(50)57-29-58-44)42(60-66)33-4-5-38-36(19-33)59-47(51)74-38/h2-5,18-19,21-24,29,37H,6-17,20,25-28H2,1H3,(H2,51,59)(H,52,67)(H,70,71)(H2,50,57,58)/t37-/m1/s1. The molecule has 8 heterocycles. The van der Waals surface area contributed by atoms with Crippen molar-refractivity contribution in [3.05, 3.63) is 95.3 Å². The molecule has 0 aliphatic carbocycles. The highest BCUT2D eigenvalue weighted by Crippen LogP contribution is 2.33. The van der Waals surface area contributed by atoms with Gasteiger partial charge in [-0.2, -0.15) is 10.1 Å². The van der Waals surface area contributed by atoms with E-state index in [4.69, 9.17) is 30.5 Å². The summed E-state index contributed by atoms with van der Waals surface area (Å²) in [5, 5.41) is 18.3. The van der Waals surface area contributed by atoms with Crippen LogP contribution in [0.2, 0.25) is 0 Å². The summed E-state index contributed by atoms with van der Waals surface area (Å²) in [6, 6.07) is 10.8. The molecule has 3 aliphatic rings. The number of hydrogen-bond acceptors (Lipinski definition) is 20. The van der Waals surface area contributed by atoms with E-state index in [-0.39, 0.29) is 63.0 Å². The van der Waals surface area contributed by atoms with Crippen LogP contribution in [0.25, 0.3) is 33.4 Å². The Hall–Kier alpha value is -8.42. The van der Waals surface area contributed by atoms with Crippen LogP contribution in [0, 0.1) is 0 Å². The van der Waals surface area contributed by atoms with Crippen LogP contribution in [0.4, 0.5) is 23.7 Å². The van der Waals surface area contributed by atoms with Crippen LogP contribution in [-0.4, -0.2) is 180 Å². The minimum absolute atomic E-state index is 0.0369. The van der Waals surface area contributed by atoms with Crippen molar-refractivity contribution in [3.8, 4) is 11.3 Å². The van der Waals surface area contributed by atoms with Gasteiger partial charge in [-0.1, -0.05) is 18.2 Å². The number of benzene rings is 2. The van der Waals surface area contributed by atoms with Gasteiger partial charge < -0.3 is 55.4 Å². The Kier molecular flexibility index (Phi) is 14.4. The molecular weight excluding hydrogens is 955 g/mol. The molecule has 2 saturated heterocycles. The van der Waals surface area contributed by atoms with E-state index in [1.54, 1.807) is 35.8 Å². The molecule has 0 bridgehead atoms. The van der Waals surface area contributed by atoms with E-state index in [1.807, 2.05) is 27.8 Å². The van der Waals surface area contributed by atoms with Crippen LogP contribution in [0.3, 0.4) is 0 Å². The van der Waals surface area contributed by atoms with Gasteiger partial charge in [0.25, 0.3) is 11.9 Å². The number of carboxylic acid groups (broad SMARTS) is 1. The van der Waals surface area contributed by atoms with E-state index in [2.05, 4.69) is 62.1 Å². The number of aromatic nitrogens is 9. The van der Waals surface area contributed by atoms with Gasteiger partial charge in [-0.3, -0.25) is 19.3 Å². The number of aliphatic carboxylic acids is 1. The minimum Gasteiger partial charge on any atom is -0.480 e. The van der Waals surface area contributed by atoms with Gasteiger partial charge in [0.1, 0.15) is 36.0 Å². The van der Waals surface area contributed by atoms with Crippen LogP contribution < -0.4 is 26.6 Å². The highest BCUT2D eigenvalue weighted by atomic mass is 16.5. The van der Waals surface area contributed by atoms with Gasteiger partial charge in [0.2, 0.25) is 23.7 Å². The summed E-state index contributed by atoms with van der Waals surface area (Å²) in [5.74, 6) is -0.569. The third-order valence-corrected chi connectivity index (χ3v) is 13.4. The number of carboxylic acids is 1. The lowest BCUT2D eigenvalue weighted by Crippen LogP contribution is -2.58. The zero-order chi connectivity index (χ0) is 51.3. The van der Waals surface area contributed by atoms with E-state index in [9.17, 15) is 24.3 Å². The molecule has 0 saturated carbocycles. The first-order chi connectivity index (χ1) is 36.0. The average molecular weight is 1010 g/mol. The topological polar surface area (TPSA) is 308 Å². The van der Waals surface area contributed by atoms with Gasteiger partial charge in [-0.15, -0.1) is 0 Å². The fraction of sp³-hybridized carbons (Fsp3) is 0.388. The lowest BCUT2D eigenvalue weighted by Gasteiger charge is -2.39. The molecular formula is C49H55N17O8. The van der Waals surface area contributed by atoms with Gasteiger partial charge in [0.05, 0.1) is 43.7 Å². The van der Waals surface area contributed by atoms with E-state index in [0.29, 0.717) is 116 Å². The van der Waals surface area contributed by atoms with Crippen molar-refractivity contribution >= 4 is 69.6 Å². The molecule has 25 nitrogen and oxygen atoms in total. The van der Waals surface area contributed by atoms with Crippen molar-refractivity contribution in [2.75, 3.05) is 107 Å². The number of methoxy groups -OCH3 is 1. The average Bonchev–Trinajstić information content (AvgIpc) is 3.99. The molecule has 2 fully saturated rings. The first-order valence-corrected chi connectivity index (χ1v) is 24.2. The van der Waals surface area contributed by atoms with Crippen LogP contribution in [0.1, 0.15) is 39.0 Å². The second kappa shape index (κ2) is 21.7. The van der Waals surface area contributed by atoms with E-state index in [0.717, 1.165) is 35.3 Å². The molecule has 2 aromatic carbocycles. The predicted molar refractivity (Wildman–Crippen MR) is 268 cm³/mol. The molecule has 25 heteroatoms. The molecule has 7 aromatic rings. The maximum absolute atomic E-state index is 13.7. The maximum Gasteiger partial charge on any atom is 0.328 e. The van der Waals surface area contributed by atoms with E-state index >= 15 is 0 Å². The number of fused-ring (bicyclic) bond motifs is 3. The Morgan fingerprint density at radius 1 is 0.838 bits per heavy atom. The molecule has 74 heavy (non-hydrogen) atoms. The van der Waals surface area contributed by atoms with Gasteiger partial charge in [0, 0.05) is 108 Å². The summed E-state index contributed by atoms with van der Waals surface area (Å²) in [5.41, 5.74) is 19.7. The zero-order valence-electron chi connectivity index (χ0n) is 40.7. The Bertz CT molecular complexity index is 3180. The Morgan fingerprint density at radius 3 is 2.39 bits per heavy atom. The number of ether oxygens (including phenoxy) is 2. The quantitative estimate of drug-likeness (QED) is 0.0932. The first-order valence-electron chi connectivity index (χ1n) is 24.2. The lowest BCUT2D eigenvalue weighted by atomic mass is 9.97. The number of nitrogens with two attached hydrogens (primary N) is 2. The smallest absolute Gasteiger partial charge is 0.328 e. The summed E-state index contributed by atoms with van der Waals surface area (Å²) in [6.45, 7) is 6.36. The highest BCUT2D eigenvalue weighted by Gasteiger charge is 2.36. The Morgan fingerprint density at radius 2 is 1.61 bits per heavy atom. The predicted octanol–water partition coefficient (Wildman–Crippen LogP) is 1.22. The largest absolute Gasteiger partial charge is 0.480 e. The summed E-state index contributed by atoms with van der Waals surface area (Å²) in [7, 11) is 1.44. The maximum atomic E-state index is 13.7. The number of carbonyl (C=O) groups excluding carboxylic acids is 3. The van der Waals surface area contributed by atoms with Crippen LogP contribution in [-0.2, 0) is 49.9 Å². The van der Waals surface area contributed by atoms with Crippen molar-refractivity contribution in [1.29, 1.82) is 0 Å². The molecule has 384 valence electrons. The lowest BCUT2D eigenvalue weighted by molar-refractivity contribution is -0.151. The number of rotatable bonds is 17. The molecule has 0 spiro atoms. The molecule has 3 aliphatic heterocycles. The van der Waals surface area contributed by atoms with Crippen LogP contribution in [0.5, 0.6) is 0 Å². The Labute approximate surface area is 423 Å². The fourth-order valence-corrected chi connectivity index (χ4v) is 9.49. The van der Waals surface area contributed by atoms with Crippen molar-refractivity contribution in [2.45, 2.75) is 38.5 Å². The van der Waals surface area contributed by atoms with Crippen molar-refractivity contribution in [2.24, 2.45) is 0 Å². The van der Waals surface area contributed by atoms with E-state index in [1.165, 1.54) is 18.3 Å². The van der Waals surface area contributed by atoms with Gasteiger partial charge in [-0.25, -0.2) is 39.4 Å². The Balaban J connectivity index is 0.651. The molecule has 6 N–H and O–H groups in total. The van der Waals surface area contributed by atoms with Crippen molar-refractivity contribution < 1.29 is 38.2 Å². The summed E-state index contributed by atoms with van der Waals surface area (Å²) in [6.07, 6.45) is 8.52. The zero-order valence-corrected chi connectivity index (χ0v) is 40.7. The van der Waals surface area contributed by atoms with Crippen LogP contribution in [0.15, 0.2) is 71.9 Å². The monoisotopic (exact) mass is 1010 g/mol. The number of amides is 3. The molecule has 5 aromatic heterocycles. The number of anilines is 4. The van der Waals surface area contributed by atoms with E-state index < -0.39 is 12.0 Å². The van der Waals surface area contributed by atoms with Crippen LogP contribution >= 0.6 is 0 Å². The number of piperazine rings is 2. The van der Waals surface area contributed by atoms with Gasteiger partial charge in [-0.05, 0) is 41.3 Å². The number of nitrogens with one attached hydrogen (secondary N) is 1. The molecule has 3 amide bonds. The third-order valence-electron chi connectivity index (χ3n) is 13.4. The van der Waals surface area contributed by atoms with Crippen molar-refractivity contribution in [1.82, 2.24) is 64.7 Å². The summed E-state index contributed by atoms with van der Waals surface area (Å²) >= 11 is 0. The van der Waals surface area contributed by atoms with Gasteiger partial charge >= 0.3 is 5.97 Å². The molecule has 0 radical (unpaired) electrons. The minimum atomic E-state index is -1.11. The number of hydrogen-bond donors (Lipinski definition) is 4. The van der Waals surface area contributed by atoms with Crippen molar-refractivity contribution in [3.63, 3.8) is 0 Å². The molecule has 10 rings (SSSR count). The first kappa shape index (κ1) is 49.2. The summed E-state index contributed by atoms with van der Waals surface area (Å²) in [4.78, 5) is 91.0. The van der Waals surface area contributed by atoms with Gasteiger partial charge in [0.15, 0.2) is 11.2 Å². The third kappa shape index (κ3) is 10.8. The molecule has 1 atom stereocenters. The highest BCUT2D eigenvalue weighted by molar-refractivity contribution is 5.99. The number of carbonyl (C=O) groups is 4. The SMILES string of the molecule is COCC(=O)NCc1cnc(N2CCN(C(=O)CCOCCN3CCN(c4ncc(C(=O)N5CCc6cc(Cn7nc(-c8ccc9oc(N)nc9c8)c8c(N)ncnc87)ccc6C5)cn4)CC3)[C@@H](C(=O)O)C2)nc1.